The van der Waals surface area contributed by atoms with Crippen LogP contribution in [-0.2, 0) is 4.79 Å². The summed E-state index contributed by atoms with van der Waals surface area (Å²) in [5.74, 6) is 0.262. The van der Waals surface area contributed by atoms with Crippen molar-refractivity contribution >= 4 is 23.0 Å². The van der Waals surface area contributed by atoms with Gasteiger partial charge in [0.2, 0.25) is 11.8 Å². The van der Waals surface area contributed by atoms with Crippen LogP contribution < -0.4 is 21.1 Å². The summed E-state index contributed by atoms with van der Waals surface area (Å²) >= 11 is 0. The molecule has 0 saturated carbocycles. The van der Waals surface area contributed by atoms with Crippen LogP contribution in [0.3, 0.4) is 0 Å². The van der Waals surface area contributed by atoms with Gasteiger partial charge in [-0.2, -0.15) is 4.98 Å². The molecule has 0 fully saturated rings. The molecule has 4 N–H and O–H groups in total. The van der Waals surface area contributed by atoms with Gasteiger partial charge in [-0.25, -0.2) is 0 Å². The second-order valence-electron chi connectivity index (χ2n) is 5.03. The van der Waals surface area contributed by atoms with Gasteiger partial charge in [0.1, 0.15) is 5.82 Å². The Hall–Kier alpha value is -2.28. The molecule has 0 bridgehead atoms. The molecule has 7 heteroatoms. The zero-order chi connectivity index (χ0) is 16.2. The Morgan fingerprint density at radius 2 is 2.00 bits per heavy atom. The molecule has 0 aliphatic carbocycles. The third-order valence-electron chi connectivity index (χ3n) is 3.06. The number of carbonyl (C=O) groups is 1. The topological polar surface area (TPSA) is 97.7 Å². The SMILES string of the molecule is C=C(C(N)=O)c1cc(N)c(OC)nc1N(C)CCN(C)C. The molecule has 0 atom stereocenters. The van der Waals surface area contributed by atoms with Gasteiger partial charge in [0.15, 0.2) is 0 Å². The number of primary amides is 1. The molecule has 1 amide bonds. The number of likely N-dealkylation sites (N-methyl/N-ethyl adjacent to an activating group) is 2. The highest BCUT2D eigenvalue weighted by Crippen LogP contribution is 2.31. The zero-order valence-corrected chi connectivity index (χ0v) is 13.0. The summed E-state index contributed by atoms with van der Waals surface area (Å²) in [6.07, 6.45) is 0. The molecular weight excluding hydrogens is 270 g/mol. The maximum absolute atomic E-state index is 11.4. The minimum absolute atomic E-state index is 0.170. The molecule has 21 heavy (non-hydrogen) atoms. The predicted octanol–water partition coefficient (Wildman–Crippen LogP) is 0.169. The highest BCUT2D eigenvalue weighted by Gasteiger charge is 2.18. The first-order chi connectivity index (χ1) is 9.77. The molecule has 0 unspecified atom stereocenters. The first-order valence-electron chi connectivity index (χ1n) is 6.47. The van der Waals surface area contributed by atoms with Crippen molar-refractivity contribution in [1.82, 2.24) is 9.88 Å². The fourth-order valence-electron chi connectivity index (χ4n) is 1.77. The maximum Gasteiger partial charge on any atom is 0.248 e. The number of amides is 1. The quantitative estimate of drug-likeness (QED) is 0.695. The average Bonchev–Trinajstić information content (AvgIpc) is 2.43. The molecule has 0 aromatic carbocycles. The summed E-state index contributed by atoms with van der Waals surface area (Å²) in [6.45, 7) is 5.25. The van der Waals surface area contributed by atoms with E-state index in [4.69, 9.17) is 16.2 Å². The number of nitrogens with zero attached hydrogens (tertiary/aromatic N) is 3. The number of aromatic nitrogens is 1. The third kappa shape index (κ3) is 4.09. The van der Waals surface area contributed by atoms with Gasteiger partial charge in [0.25, 0.3) is 0 Å². The van der Waals surface area contributed by atoms with Crippen LogP contribution in [0, 0.1) is 0 Å². The molecule has 0 aliphatic heterocycles. The predicted molar refractivity (Wildman–Crippen MR) is 85.3 cm³/mol. The monoisotopic (exact) mass is 293 g/mol. The van der Waals surface area contributed by atoms with Gasteiger partial charge in [0.05, 0.1) is 12.8 Å². The first-order valence-corrected chi connectivity index (χ1v) is 6.47. The van der Waals surface area contributed by atoms with E-state index in [2.05, 4.69) is 11.6 Å². The Morgan fingerprint density at radius 1 is 1.38 bits per heavy atom. The van der Waals surface area contributed by atoms with Crippen molar-refractivity contribution in [3.05, 3.63) is 18.2 Å². The van der Waals surface area contributed by atoms with Crippen LogP contribution >= 0.6 is 0 Å². The first kappa shape index (κ1) is 16.8. The number of carbonyl (C=O) groups excluding carboxylic acids is 1. The van der Waals surface area contributed by atoms with Crippen molar-refractivity contribution in [3.8, 4) is 5.88 Å². The number of pyridine rings is 1. The van der Waals surface area contributed by atoms with Crippen molar-refractivity contribution in [3.63, 3.8) is 0 Å². The summed E-state index contributed by atoms with van der Waals surface area (Å²) in [7, 11) is 7.33. The molecular formula is C14H23N5O2. The summed E-state index contributed by atoms with van der Waals surface area (Å²) in [5, 5.41) is 0. The Balaban J connectivity index is 3.25. The van der Waals surface area contributed by atoms with Gasteiger partial charge in [-0.3, -0.25) is 4.79 Å². The van der Waals surface area contributed by atoms with Crippen molar-refractivity contribution in [1.29, 1.82) is 0 Å². The van der Waals surface area contributed by atoms with E-state index in [0.29, 0.717) is 29.5 Å². The molecule has 1 heterocycles. The zero-order valence-electron chi connectivity index (χ0n) is 13.0. The van der Waals surface area contributed by atoms with Gasteiger partial charge in [-0.15, -0.1) is 0 Å². The van der Waals surface area contributed by atoms with Crippen LogP contribution in [0.25, 0.3) is 5.57 Å². The molecule has 0 radical (unpaired) electrons. The second kappa shape index (κ2) is 6.94. The minimum Gasteiger partial charge on any atom is -0.479 e. The van der Waals surface area contributed by atoms with Gasteiger partial charge in [0, 0.05) is 31.3 Å². The van der Waals surface area contributed by atoms with Gasteiger partial charge in [-0.05, 0) is 20.2 Å². The molecule has 1 rings (SSSR count). The molecule has 1 aromatic heterocycles. The number of ether oxygens (including phenoxy) is 1. The molecule has 0 spiro atoms. The molecule has 7 nitrogen and oxygen atoms in total. The lowest BCUT2D eigenvalue weighted by molar-refractivity contribution is -0.112. The Kier molecular flexibility index (Phi) is 5.54. The molecule has 1 aromatic rings. The van der Waals surface area contributed by atoms with Crippen molar-refractivity contribution in [2.24, 2.45) is 5.73 Å². The summed E-state index contributed by atoms with van der Waals surface area (Å²) in [4.78, 5) is 19.7. The Labute approximate surface area is 125 Å². The number of nitrogens with two attached hydrogens (primary N) is 2. The van der Waals surface area contributed by atoms with Crippen molar-refractivity contribution in [2.75, 3.05) is 52.0 Å². The van der Waals surface area contributed by atoms with E-state index in [0.717, 1.165) is 6.54 Å². The lowest BCUT2D eigenvalue weighted by Crippen LogP contribution is -2.30. The third-order valence-corrected chi connectivity index (χ3v) is 3.06. The van der Waals surface area contributed by atoms with E-state index in [9.17, 15) is 4.79 Å². The van der Waals surface area contributed by atoms with E-state index in [1.54, 1.807) is 6.07 Å². The number of methoxy groups -OCH3 is 1. The number of hydrogen-bond donors (Lipinski definition) is 2. The lowest BCUT2D eigenvalue weighted by Gasteiger charge is -2.24. The van der Waals surface area contributed by atoms with Crippen molar-refractivity contribution < 1.29 is 9.53 Å². The van der Waals surface area contributed by atoms with Crippen molar-refractivity contribution in [2.45, 2.75) is 0 Å². The number of rotatable bonds is 7. The van der Waals surface area contributed by atoms with E-state index < -0.39 is 5.91 Å². The van der Waals surface area contributed by atoms with Gasteiger partial charge < -0.3 is 26.0 Å². The van der Waals surface area contributed by atoms with Crippen LogP contribution in [0.15, 0.2) is 12.6 Å². The summed E-state index contributed by atoms with van der Waals surface area (Å²) in [6, 6.07) is 1.61. The Morgan fingerprint density at radius 3 is 2.48 bits per heavy atom. The smallest absolute Gasteiger partial charge is 0.248 e. The largest absolute Gasteiger partial charge is 0.479 e. The fourth-order valence-corrected chi connectivity index (χ4v) is 1.77. The normalized spacial score (nSPS) is 10.5. The van der Waals surface area contributed by atoms with Crippen LogP contribution in [0.2, 0.25) is 0 Å². The number of nitrogen functional groups attached to an aromatic ring is 1. The fraction of sp³-hybridized carbons (Fsp3) is 0.429. The molecule has 116 valence electrons. The van der Waals surface area contributed by atoms with Crippen LogP contribution in [0.5, 0.6) is 5.88 Å². The number of hydrogen-bond acceptors (Lipinski definition) is 6. The highest BCUT2D eigenvalue weighted by molar-refractivity contribution is 6.19. The van der Waals surface area contributed by atoms with E-state index in [1.165, 1.54) is 7.11 Å². The summed E-state index contributed by atoms with van der Waals surface area (Å²) < 4.78 is 5.14. The van der Waals surface area contributed by atoms with Crippen LogP contribution in [-0.4, -0.2) is 57.1 Å². The lowest BCUT2D eigenvalue weighted by atomic mass is 10.1. The molecule has 0 aliphatic rings. The standard InChI is InChI=1S/C14H23N5O2/c1-9(12(16)20)10-8-11(15)14(21-5)17-13(10)19(4)7-6-18(2)3/h8H,1,6-7,15H2,2-5H3,(H2,16,20). The van der Waals surface area contributed by atoms with Gasteiger partial charge in [-0.1, -0.05) is 6.58 Å². The Bertz CT molecular complexity index is 542. The van der Waals surface area contributed by atoms with Gasteiger partial charge >= 0.3 is 0 Å². The van der Waals surface area contributed by atoms with E-state index in [1.807, 2.05) is 30.9 Å². The van der Waals surface area contributed by atoms with Crippen LogP contribution in [0.1, 0.15) is 5.56 Å². The number of anilines is 2. The highest BCUT2D eigenvalue weighted by atomic mass is 16.5. The van der Waals surface area contributed by atoms with Crippen LogP contribution in [0.4, 0.5) is 11.5 Å². The second-order valence-corrected chi connectivity index (χ2v) is 5.03. The minimum atomic E-state index is -0.608. The summed E-state index contributed by atoms with van der Waals surface area (Å²) in [5.41, 5.74) is 12.2. The maximum atomic E-state index is 11.4. The van der Waals surface area contributed by atoms with E-state index >= 15 is 0 Å². The molecule has 0 saturated heterocycles. The van der Waals surface area contributed by atoms with E-state index in [-0.39, 0.29) is 5.57 Å². The average molecular weight is 293 g/mol.